The lowest BCUT2D eigenvalue weighted by Crippen LogP contribution is -2.31. The van der Waals surface area contributed by atoms with Crippen LogP contribution in [0.2, 0.25) is 0 Å². The van der Waals surface area contributed by atoms with Crippen molar-refractivity contribution in [2.45, 2.75) is 13.8 Å². The van der Waals surface area contributed by atoms with Crippen LogP contribution in [0.25, 0.3) is 0 Å². The van der Waals surface area contributed by atoms with Crippen LogP contribution in [-0.2, 0) is 0 Å². The molecule has 0 bridgehead atoms. The van der Waals surface area contributed by atoms with Crippen molar-refractivity contribution in [3.05, 3.63) is 53.0 Å². The van der Waals surface area contributed by atoms with Crippen molar-refractivity contribution in [1.82, 2.24) is 5.32 Å². The molecule has 0 atom stereocenters. The van der Waals surface area contributed by atoms with Crippen molar-refractivity contribution in [3.8, 4) is 0 Å². The molecule has 1 aromatic carbocycles. The highest BCUT2D eigenvalue weighted by atomic mass is 16.3. The monoisotopic (exact) mass is 258 g/mol. The normalized spacial score (nSPS) is 10.2. The number of carbonyl (C=O) groups excluding carboxylic acids is 2. The van der Waals surface area contributed by atoms with Gasteiger partial charge in [0.15, 0.2) is 0 Å². The third-order valence-corrected chi connectivity index (χ3v) is 2.79. The van der Waals surface area contributed by atoms with Gasteiger partial charge in [0.25, 0.3) is 11.8 Å². The summed E-state index contributed by atoms with van der Waals surface area (Å²) in [5, 5.41) is 2.32. The van der Waals surface area contributed by atoms with E-state index in [1.165, 1.54) is 6.26 Å². The van der Waals surface area contributed by atoms with Gasteiger partial charge in [-0.25, -0.2) is 0 Å². The number of anilines is 1. The van der Waals surface area contributed by atoms with Gasteiger partial charge in [0, 0.05) is 16.8 Å². The largest absolute Gasteiger partial charge is 0.469 e. The van der Waals surface area contributed by atoms with Crippen molar-refractivity contribution in [3.63, 3.8) is 0 Å². The Bertz CT molecular complexity index is 607. The fourth-order valence-electron chi connectivity index (χ4n) is 1.78. The number of nitrogens with one attached hydrogen (secondary N) is 1. The minimum atomic E-state index is -0.468. The molecule has 3 N–H and O–H groups in total. The smallest absolute Gasteiger partial charge is 0.261 e. The van der Waals surface area contributed by atoms with E-state index in [2.05, 4.69) is 5.32 Å². The molecule has 2 amide bonds. The van der Waals surface area contributed by atoms with Gasteiger partial charge in [0.2, 0.25) is 0 Å². The molecular weight excluding hydrogens is 244 g/mol. The number of amides is 2. The van der Waals surface area contributed by atoms with Gasteiger partial charge < -0.3 is 10.2 Å². The van der Waals surface area contributed by atoms with E-state index in [9.17, 15) is 9.59 Å². The zero-order valence-corrected chi connectivity index (χ0v) is 10.7. The highest BCUT2D eigenvalue weighted by Gasteiger charge is 2.18. The lowest BCUT2D eigenvalue weighted by Gasteiger charge is -2.04. The lowest BCUT2D eigenvalue weighted by atomic mass is 10.1. The van der Waals surface area contributed by atoms with Crippen molar-refractivity contribution in [1.29, 1.82) is 0 Å². The minimum Gasteiger partial charge on any atom is -0.469 e. The first-order valence-corrected chi connectivity index (χ1v) is 5.75. The second kappa shape index (κ2) is 4.97. The first kappa shape index (κ1) is 12.9. The maximum absolute atomic E-state index is 12.0. The third kappa shape index (κ3) is 2.65. The van der Waals surface area contributed by atoms with Gasteiger partial charge >= 0.3 is 0 Å². The number of aryl methyl sites for hydroxylation is 2. The molecule has 0 saturated carbocycles. The van der Waals surface area contributed by atoms with Crippen molar-refractivity contribution >= 4 is 17.5 Å². The fraction of sp³-hybridized carbons (Fsp3) is 0.143. The minimum absolute atomic E-state index is 0.376. The Morgan fingerprint density at radius 3 is 2.26 bits per heavy atom. The maximum Gasteiger partial charge on any atom is 0.261 e. The fourth-order valence-corrected chi connectivity index (χ4v) is 1.78. The summed E-state index contributed by atoms with van der Waals surface area (Å²) < 4.78 is 5.13. The van der Waals surface area contributed by atoms with E-state index in [4.69, 9.17) is 10.2 Å². The molecule has 2 aromatic rings. The molecule has 19 heavy (non-hydrogen) atoms. The van der Waals surface area contributed by atoms with Crippen molar-refractivity contribution in [2.75, 3.05) is 5.73 Å². The van der Waals surface area contributed by atoms with Gasteiger partial charge in [-0.2, -0.15) is 0 Å². The molecule has 2 rings (SSSR count). The summed E-state index contributed by atoms with van der Waals surface area (Å²) in [7, 11) is 0. The summed E-state index contributed by atoms with van der Waals surface area (Å²) in [4.78, 5) is 23.9. The molecule has 0 aliphatic carbocycles. The molecule has 0 aliphatic heterocycles. The molecule has 0 fully saturated rings. The Balaban J connectivity index is 2.15. The van der Waals surface area contributed by atoms with Crippen LogP contribution in [0.4, 0.5) is 5.69 Å². The van der Waals surface area contributed by atoms with E-state index in [0.717, 1.165) is 0 Å². The van der Waals surface area contributed by atoms with Crippen LogP contribution in [0, 0.1) is 13.8 Å². The number of furan rings is 1. The van der Waals surface area contributed by atoms with E-state index >= 15 is 0 Å². The van der Waals surface area contributed by atoms with Crippen LogP contribution in [0.15, 0.2) is 34.9 Å². The number of hydrogen-bond acceptors (Lipinski definition) is 4. The van der Waals surface area contributed by atoms with Crippen LogP contribution in [-0.4, -0.2) is 11.8 Å². The number of benzene rings is 1. The van der Waals surface area contributed by atoms with Gasteiger partial charge in [-0.15, -0.1) is 0 Å². The lowest BCUT2D eigenvalue weighted by molar-refractivity contribution is 0.0848. The molecule has 1 aromatic heterocycles. The number of nitrogens with two attached hydrogens (primary N) is 1. The van der Waals surface area contributed by atoms with Crippen molar-refractivity contribution < 1.29 is 14.0 Å². The number of imide groups is 1. The Hall–Kier alpha value is -2.56. The van der Waals surface area contributed by atoms with Crippen LogP contribution >= 0.6 is 0 Å². The summed E-state index contributed by atoms with van der Waals surface area (Å²) in [5.41, 5.74) is 7.56. The highest BCUT2D eigenvalue weighted by molar-refractivity contribution is 6.11. The quantitative estimate of drug-likeness (QED) is 0.637. The third-order valence-electron chi connectivity index (χ3n) is 2.79. The molecule has 98 valence electrons. The number of nitrogen functional groups attached to an aromatic ring is 1. The van der Waals surface area contributed by atoms with Crippen molar-refractivity contribution in [2.24, 2.45) is 0 Å². The summed E-state index contributed by atoms with van der Waals surface area (Å²) >= 11 is 0. The zero-order chi connectivity index (χ0) is 14.0. The second-order valence-corrected chi connectivity index (χ2v) is 4.26. The Labute approximate surface area is 110 Å². The van der Waals surface area contributed by atoms with E-state index in [1.54, 1.807) is 38.1 Å². The molecule has 5 heteroatoms. The molecule has 0 saturated heterocycles. The first-order valence-electron chi connectivity index (χ1n) is 5.75. The summed E-state index contributed by atoms with van der Waals surface area (Å²) in [6.07, 6.45) is 1.48. The van der Waals surface area contributed by atoms with E-state index < -0.39 is 11.8 Å². The topological polar surface area (TPSA) is 85.3 Å². The van der Waals surface area contributed by atoms with Crippen LogP contribution in [0.3, 0.4) is 0 Å². The Kier molecular flexibility index (Phi) is 3.37. The Morgan fingerprint density at radius 2 is 1.74 bits per heavy atom. The first-order chi connectivity index (χ1) is 8.99. The molecule has 0 unspecified atom stereocenters. The standard InChI is InChI=1S/C14H14N2O3/c1-8-7-19-9(2)12(8)14(18)16-13(17)10-3-5-11(15)6-4-10/h3-7H,15H2,1-2H3,(H,16,17,18). The van der Waals surface area contributed by atoms with Gasteiger partial charge in [0.05, 0.1) is 11.8 Å². The highest BCUT2D eigenvalue weighted by Crippen LogP contribution is 2.15. The van der Waals surface area contributed by atoms with Crippen LogP contribution in [0.1, 0.15) is 32.0 Å². The SMILES string of the molecule is Cc1coc(C)c1C(=O)NC(=O)c1ccc(N)cc1. The summed E-state index contributed by atoms with van der Waals surface area (Å²) in [6.45, 7) is 3.43. The van der Waals surface area contributed by atoms with Gasteiger partial charge in [-0.05, 0) is 38.1 Å². The molecular formula is C14H14N2O3. The molecule has 0 aliphatic rings. The maximum atomic E-state index is 12.0. The number of rotatable bonds is 2. The molecule has 0 spiro atoms. The van der Waals surface area contributed by atoms with Gasteiger partial charge in [-0.1, -0.05) is 0 Å². The average molecular weight is 258 g/mol. The van der Waals surface area contributed by atoms with Gasteiger partial charge in [-0.3, -0.25) is 14.9 Å². The summed E-state index contributed by atoms with van der Waals surface area (Å²) in [6, 6.07) is 6.33. The van der Waals surface area contributed by atoms with Crippen LogP contribution < -0.4 is 11.1 Å². The molecule has 1 heterocycles. The number of carbonyl (C=O) groups is 2. The van der Waals surface area contributed by atoms with E-state index in [0.29, 0.717) is 28.1 Å². The predicted molar refractivity (Wildman–Crippen MR) is 70.8 cm³/mol. The summed E-state index contributed by atoms with van der Waals surface area (Å²) in [5.74, 6) is -0.448. The molecule has 5 nitrogen and oxygen atoms in total. The average Bonchev–Trinajstić information content (AvgIpc) is 2.69. The van der Waals surface area contributed by atoms with Crippen LogP contribution in [0.5, 0.6) is 0 Å². The van der Waals surface area contributed by atoms with Gasteiger partial charge in [0.1, 0.15) is 5.76 Å². The Morgan fingerprint density at radius 1 is 1.11 bits per heavy atom. The van der Waals surface area contributed by atoms with E-state index in [1.807, 2.05) is 0 Å². The predicted octanol–water partition coefficient (Wildman–Crippen LogP) is 2.05. The van der Waals surface area contributed by atoms with E-state index in [-0.39, 0.29) is 0 Å². The zero-order valence-electron chi connectivity index (χ0n) is 10.7. The second-order valence-electron chi connectivity index (χ2n) is 4.26. The number of hydrogen-bond donors (Lipinski definition) is 2. The molecule has 0 radical (unpaired) electrons.